The van der Waals surface area contributed by atoms with E-state index in [2.05, 4.69) is 15.3 Å². The van der Waals surface area contributed by atoms with Crippen LogP contribution in [0.5, 0.6) is 0 Å². The van der Waals surface area contributed by atoms with Crippen molar-refractivity contribution < 1.29 is 9.90 Å². The van der Waals surface area contributed by atoms with Crippen LogP contribution in [-0.4, -0.2) is 33.6 Å². The summed E-state index contributed by atoms with van der Waals surface area (Å²) < 4.78 is 0. The lowest BCUT2D eigenvalue weighted by Crippen LogP contribution is -2.34. The standard InChI is InChI=1S/C11H13N3O2/c1-7(6-15)14-11(16)9-5-13-10-8(9)3-2-4-12-10/h2-5,7,15H,6H2,1H3,(H,12,13)(H,14,16). The van der Waals surface area contributed by atoms with Crippen LogP contribution in [-0.2, 0) is 0 Å². The van der Waals surface area contributed by atoms with E-state index in [-0.39, 0.29) is 18.6 Å². The minimum atomic E-state index is -0.255. The molecule has 84 valence electrons. The highest BCUT2D eigenvalue weighted by molar-refractivity contribution is 6.05. The van der Waals surface area contributed by atoms with Gasteiger partial charge >= 0.3 is 0 Å². The van der Waals surface area contributed by atoms with Gasteiger partial charge in [-0.2, -0.15) is 0 Å². The number of aromatic nitrogens is 2. The Balaban J connectivity index is 2.30. The summed E-state index contributed by atoms with van der Waals surface area (Å²) in [6.45, 7) is 1.66. The number of hydrogen-bond donors (Lipinski definition) is 3. The largest absolute Gasteiger partial charge is 0.394 e. The third kappa shape index (κ3) is 1.90. The molecule has 0 saturated heterocycles. The van der Waals surface area contributed by atoms with E-state index in [1.165, 1.54) is 0 Å². The lowest BCUT2D eigenvalue weighted by atomic mass is 10.2. The van der Waals surface area contributed by atoms with Crippen molar-refractivity contribution in [3.63, 3.8) is 0 Å². The van der Waals surface area contributed by atoms with Gasteiger partial charge in [-0.1, -0.05) is 0 Å². The van der Waals surface area contributed by atoms with Gasteiger partial charge < -0.3 is 15.4 Å². The Kier molecular flexibility index (Phi) is 2.87. The van der Waals surface area contributed by atoms with E-state index in [0.717, 1.165) is 5.39 Å². The number of pyridine rings is 1. The van der Waals surface area contributed by atoms with E-state index in [1.807, 2.05) is 6.07 Å². The van der Waals surface area contributed by atoms with Crippen LogP contribution in [0.15, 0.2) is 24.5 Å². The molecule has 5 nitrogen and oxygen atoms in total. The lowest BCUT2D eigenvalue weighted by molar-refractivity contribution is 0.0924. The fourth-order valence-electron chi connectivity index (χ4n) is 1.49. The fraction of sp³-hybridized carbons (Fsp3) is 0.273. The van der Waals surface area contributed by atoms with Gasteiger partial charge in [0, 0.05) is 23.8 Å². The number of rotatable bonds is 3. The number of aromatic amines is 1. The Bertz CT molecular complexity index is 507. The smallest absolute Gasteiger partial charge is 0.253 e. The fourth-order valence-corrected chi connectivity index (χ4v) is 1.49. The van der Waals surface area contributed by atoms with Gasteiger partial charge in [0.25, 0.3) is 5.91 Å². The van der Waals surface area contributed by atoms with Crippen LogP contribution >= 0.6 is 0 Å². The Morgan fingerprint density at radius 1 is 1.69 bits per heavy atom. The molecular formula is C11H13N3O2. The first kappa shape index (κ1) is 10.6. The first-order valence-electron chi connectivity index (χ1n) is 5.06. The second kappa shape index (κ2) is 4.32. The monoisotopic (exact) mass is 219 g/mol. The van der Waals surface area contributed by atoms with Crippen LogP contribution in [0, 0.1) is 0 Å². The van der Waals surface area contributed by atoms with Crippen LogP contribution in [0.3, 0.4) is 0 Å². The number of nitrogens with zero attached hydrogens (tertiary/aromatic N) is 1. The number of hydrogen-bond acceptors (Lipinski definition) is 3. The normalized spacial score (nSPS) is 12.6. The van der Waals surface area contributed by atoms with Crippen molar-refractivity contribution in [1.29, 1.82) is 0 Å². The molecule has 2 aromatic rings. The zero-order valence-electron chi connectivity index (χ0n) is 8.90. The first-order valence-corrected chi connectivity index (χ1v) is 5.06. The van der Waals surface area contributed by atoms with Gasteiger partial charge in [-0.15, -0.1) is 0 Å². The van der Waals surface area contributed by atoms with Gasteiger partial charge in [-0.3, -0.25) is 4.79 Å². The van der Waals surface area contributed by atoms with Gasteiger partial charge in [0.15, 0.2) is 0 Å². The highest BCUT2D eigenvalue weighted by Gasteiger charge is 2.13. The number of aliphatic hydroxyl groups excluding tert-OH is 1. The molecule has 0 radical (unpaired) electrons. The zero-order chi connectivity index (χ0) is 11.5. The van der Waals surface area contributed by atoms with Gasteiger partial charge in [0.2, 0.25) is 0 Å². The topological polar surface area (TPSA) is 78.0 Å². The first-order chi connectivity index (χ1) is 7.72. The molecule has 1 unspecified atom stereocenters. The maximum Gasteiger partial charge on any atom is 0.253 e. The van der Waals surface area contributed by atoms with E-state index in [0.29, 0.717) is 11.2 Å². The number of H-pyrrole nitrogens is 1. The van der Waals surface area contributed by atoms with E-state index in [9.17, 15) is 4.79 Å². The molecule has 5 heteroatoms. The van der Waals surface area contributed by atoms with Gasteiger partial charge in [-0.05, 0) is 19.1 Å². The molecule has 2 heterocycles. The second-order valence-electron chi connectivity index (χ2n) is 3.66. The number of carbonyl (C=O) groups excluding carboxylic acids is 1. The summed E-state index contributed by atoms with van der Waals surface area (Å²) >= 11 is 0. The molecule has 1 atom stereocenters. The predicted octanol–water partition coefficient (Wildman–Crippen LogP) is 0.673. The van der Waals surface area contributed by atoms with Crippen molar-refractivity contribution in [3.05, 3.63) is 30.1 Å². The summed E-state index contributed by atoms with van der Waals surface area (Å²) in [5.74, 6) is -0.208. The lowest BCUT2D eigenvalue weighted by Gasteiger charge is -2.09. The van der Waals surface area contributed by atoms with Crippen LogP contribution in [0.4, 0.5) is 0 Å². The highest BCUT2D eigenvalue weighted by Crippen LogP contribution is 2.15. The van der Waals surface area contributed by atoms with Crippen LogP contribution in [0.1, 0.15) is 17.3 Å². The molecule has 0 aromatic carbocycles. The van der Waals surface area contributed by atoms with E-state index < -0.39 is 0 Å². The molecule has 0 aliphatic rings. The summed E-state index contributed by atoms with van der Waals surface area (Å²) in [6.07, 6.45) is 3.29. The minimum absolute atomic E-state index is 0.0770. The number of carbonyl (C=O) groups is 1. The molecule has 0 spiro atoms. The molecule has 0 aliphatic carbocycles. The molecule has 3 N–H and O–H groups in total. The van der Waals surface area contributed by atoms with Crippen LogP contribution in [0.25, 0.3) is 11.0 Å². The summed E-state index contributed by atoms with van der Waals surface area (Å²) in [7, 11) is 0. The Morgan fingerprint density at radius 2 is 2.50 bits per heavy atom. The Hall–Kier alpha value is -1.88. The van der Waals surface area contributed by atoms with Crippen molar-refractivity contribution >= 4 is 16.9 Å². The van der Waals surface area contributed by atoms with E-state index in [4.69, 9.17) is 5.11 Å². The van der Waals surface area contributed by atoms with Crippen LogP contribution in [0.2, 0.25) is 0 Å². The second-order valence-corrected chi connectivity index (χ2v) is 3.66. The molecule has 0 aliphatic heterocycles. The molecule has 16 heavy (non-hydrogen) atoms. The minimum Gasteiger partial charge on any atom is -0.394 e. The maximum absolute atomic E-state index is 11.8. The Labute approximate surface area is 92.5 Å². The number of nitrogens with one attached hydrogen (secondary N) is 2. The van der Waals surface area contributed by atoms with Crippen molar-refractivity contribution in [1.82, 2.24) is 15.3 Å². The average molecular weight is 219 g/mol. The van der Waals surface area contributed by atoms with Crippen molar-refractivity contribution in [3.8, 4) is 0 Å². The summed E-state index contributed by atoms with van der Waals surface area (Å²) in [5.41, 5.74) is 1.23. The maximum atomic E-state index is 11.8. The van der Waals surface area contributed by atoms with Crippen LogP contribution < -0.4 is 5.32 Å². The van der Waals surface area contributed by atoms with Crippen molar-refractivity contribution in [2.45, 2.75) is 13.0 Å². The molecule has 2 aromatic heterocycles. The predicted molar refractivity (Wildman–Crippen MR) is 60.1 cm³/mol. The molecule has 2 rings (SSSR count). The van der Waals surface area contributed by atoms with Gasteiger partial charge in [-0.25, -0.2) is 4.98 Å². The number of aliphatic hydroxyl groups is 1. The molecule has 1 amide bonds. The third-order valence-corrected chi connectivity index (χ3v) is 2.35. The summed E-state index contributed by atoms with van der Waals surface area (Å²) in [6, 6.07) is 3.36. The zero-order valence-corrected chi connectivity index (χ0v) is 8.90. The number of fused-ring (bicyclic) bond motifs is 1. The van der Waals surface area contributed by atoms with Gasteiger partial charge in [0.05, 0.1) is 12.2 Å². The van der Waals surface area contributed by atoms with E-state index >= 15 is 0 Å². The van der Waals surface area contributed by atoms with Crippen molar-refractivity contribution in [2.24, 2.45) is 0 Å². The van der Waals surface area contributed by atoms with Gasteiger partial charge in [0.1, 0.15) is 5.65 Å². The average Bonchev–Trinajstić information content (AvgIpc) is 2.72. The molecule has 0 fully saturated rings. The summed E-state index contributed by atoms with van der Waals surface area (Å²) in [5, 5.41) is 12.3. The Morgan fingerprint density at radius 3 is 3.25 bits per heavy atom. The van der Waals surface area contributed by atoms with Crippen molar-refractivity contribution in [2.75, 3.05) is 6.61 Å². The third-order valence-electron chi connectivity index (χ3n) is 2.35. The molecule has 0 bridgehead atoms. The highest BCUT2D eigenvalue weighted by atomic mass is 16.3. The summed E-state index contributed by atoms with van der Waals surface area (Å²) in [4.78, 5) is 18.8. The van der Waals surface area contributed by atoms with E-state index in [1.54, 1.807) is 25.4 Å². The number of amides is 1. The quantitative estimate of drug-likeness (QED) is 0.710. The SMILES string of the molecule is CC(CO)NC(=O)c1c[nH]c2ncccc12. The molecular weight excluding hydrogens is 206 g/mol. The molecule has 0 saturated carbocycles.